The fraction of sp³-hybridized carbons (Fsp3) is 0.944. The highest BCUT2D eigenvalue weighted by atomic mass is 127. The molecule has 1 aliphatic rings. The Bertz CT molecular complexity index is 297. The largest absolute Gasteiger partial charge is 0.381 e. The van der Waals surface area contributed by atoms with Crippen molar-refractivity contribution in [3.8, 4) is 0 Å². The van der Waals surface area contributed by atoms with Crippen LogP contribution in [0.1, 0.15) is 58.8 Å². The summed E-state index contributed by atoms with van der Waals surface area (Å²) in [7, 11) is 0. The molecule has 24 heavy (non-hydrogen) atoms. The Morgan fingerprint density at radius 3 is 2.46 bits per heavy atom. The maximum atomic E-state index is 5.56. The second-order valence-electron chi connectivity index (χ2n) is 6.26. The number of rotatable bonds is 13. The fourth-order valence-electron chi connectivity index (χ4n) is 2.72. The predicted molar refractivity (Wildman–Crippen MR) is 115 cm³/mol. The van der Waals surface area contributed by atoms with Crippen LogP contribution in [0, 0.1) is 0 Å². The number of halogens is 1. The van der Waals surface area contributed by atoms with Gasteiger partial charge in [-0.25, -0.2) is 0 Å². The topological polar surface area (TPSA) is 48.9 Å². The summed E-state index contributed by atoms with van der Waals surface area (Å²) in [6, 6.07) is 0. The lowest BCUT2D eigenvalue weighted by molar-refractivity contribution is 0.130. The number of aliphatic imine (C=N–C) groups is 1. The maximum absolute atomic E-state index is 5.56. The smallest absolute Gasteiger partial charge is 0.191 e. The van der Waals surface area contributed by atoms with Gasteiger partial charge in [-0.1, -0.05) is 13.3 Å². The lowest BCUT2D eigenvalue weighted by Gasteiger charge is -2.15. The van der Waals surface area contributed by atoms with Gasteiger partial charge < -0.3 is 20.3 Å². The zero-order valence-corrected chi connectivity index (χ0v) is 18.1. The molecule has 0 aliphatic carbocycles. The number of guanidine groups is 1. The van der Waals surface area contributed by atoms with Crippen molar-refractivity contribution in [3.63, 3.8) is 0 Å². The van der Waals surface area contributed by atoms with Crippen LogP contribution in [0.25, 0.3) is 0 Å². The van der Waals surface area contributed by atoms with E-state index in [1.54, 1.807) is 0 Å². The summed E-state index contributed by atoms with van der Waals surface area (Å²) in [5.74, 6) is 0.947. The quantitative estimate of drug-likeness (QED) is 0.194. The molecule has 144 valence electrons. The number of likely N-dealkylation sites (tertiary alicyclic amines) is 1. The minimum absolute atomic E-state index is 0. The van der Waals surface area contributed by atoms with Gasteiger partial charge in [-0.05, 0) is 65.1 Å². The number of ether oxygens (including phenoxy) is 1. The van der Waals surface area contributed by atoms with Gasteiger partial charge in [-0.15, -0.1) is 24.0 Å². The van der Waals surface area contributed by atoms with Crippen LogP contribution in [-0.4, -0.2) is 63.3 Å². The molecule has 0 aromatic heterocycles. The van der Waals surface area contributed by atoms with Crippen LogP contribution in [0.4, 0.5) is 0 Å². The Morgan fingerprint density at radius 2 is 1.75 bits per heavy atom. The first kappa shape index (κ1) is 23.9. The average Bonchev–Trinajstić information content (AvgIpc) is 3.07. The van der Waals surface area contributed by atoms with Crippen molar-refractivity contribution in [1.29, 1.82) is 0 Å². The van der Waals surface area contributed by atoms with E-state index >= 15 is 0 Å². The first-order valence-corrected chi connectivity index (χ1v) is 9.69. The van der Waals surface area contributed by atoms with Crippen LogP contribution in [-0.2, 0) is 4.74 Å². The molecule has 1 rings (SSSR count). The van der Waals surface area contributed by atoms with E-state index in [9.17, 15) is 0 Å². The first-order chi connectivity index (χ1) is 11.4. The van der Waals surface area contributed by atoms with Gasteiger partial charge >= 0.3 is 0 Å². The first-order valence-electron chi connectivity index (χ1n) is 9.69. The zero-order valence-electron chi connectivity index (χ0n) is 15.8. The third-order valence-electron chi connectivity index (χ3n) is 4.10. The highest BCUT2D eigenvalue weighted by Crippen LogP contribution is 2.07. The Morgan fingerprint density at radius 1 is 1.00 bits per heavy atom. The standard InChI is InChI=1S/C18H38N4O.HI/c1-3-5-16-23-17-10-12-21-18(19-4-2)20-11-6-7-13-22-14-8-9-15-22;/h3-17H2,1-2H3,(H2,19,20,21);1H. The van der Waals surface area contributed by atoms with E-state index < -0.39 is 0 Å². The van der Waals surface area contributed by atoms with E-state index in [2.05, 4.69) is 34.4 Å². The fourth-order valence-corrected chi connectivity index (χ4v) is 2.72. The Hall–Kier alpha value is -0.0800. The average molecular weight is 454 g/mol. The number of nitrogens with zero attached hydrogens (tertiary/aromatic N) is 2. The van der Waals surface area contributed by atoms with Gasteiger partial charge in [0.25, 0.3) is 0 Å². The Balaban J connectivity index is 0.00000529. The highest BCUT2D eigenvalue weighted by Gasteiger charge is 2.09. The molecule has 6 heteroatoms. The maximum Gasteiger partial charge on any atom is 0.191 e. The van der Waals surface area contributed by atoms with Crippen molar-refractivity contribution < 1.29 is 4.74 Å². The lowest BCUT2D eigenvalue weighted by Crippen LogP contribution is -2.38. The van der Waals surface area contributed by atoms with Gasteiger partial charge in [0, 0.05) is 32.8 Å². The van der Waals surface area contributed by atoms with Gasteiger partial charge in [-0.3, -0.25) is 4.99 Å². The molecule has 1 saturated heterocycles. The van der Waals surface area contributed by atoms with Crippen molar-refractivity contribution in [2.24, 2.45) is 4.99 Å². The van der Waals surface area contributed by atoms with Gasteiger partial charge in [0.15, 0.2) is 5.96 Å². The molecule has 1 heterocycles. The minimum atomic E-state index is 0. The van der Waals surface area contributed by atoms with Gasteiger partial charge in [0.1, 0.15) is 0 Å². The van der Waals surface area contributed by atoms with E-state index in [0.717, 1.165) is 51.6 Å². The van der Waals surface area contributed by atoms with Crippen LogP contribution < -0.4 is 10.6 Å². The van der Waals surface area contributed by atoms with E-state index in [0.29, 0.717) is 0 Å². The normalized spacial score (nSPS) is 15.3. The summed E-state index contributed by atoms with van der Waals surface area (Å²) in [4.78, 5) is 7.19. The summed E-state index contributed by atoms with van der Waals surface area (Å²) in [6.45, 7) is 12.6. The van der Waals surface area contributed by atoms with E-state index in [4.69, 9.17) is 4.74 Å². The predicted octanol–water partition coefficient (Wildman–Crippen LogP) is 3.24. The SMILES string of the molecule is CCCCOCCCN=C(NCC)NCCCCN1CCCC1.I. The number of nitrogens with one attached hydrogen (secondary N) is 2. The molecule has 0 amide bonds. The van der Waals surface area contributed by atoms with Crippen molar-refractivity contribution in [1.82, 2.24) is 15.5 Å². The third kappa shape index (κ3) is 13.2. The van der Waals surface area contributed by atoms with E-state index in [-0.39, 0.29) is 24.0 Å². The summed E-state index contributed by atoms with van der Waals surface area (Å²) in [5.41, 5.74) is 0. The molecule has 0 bridgehead atoms. The lowest BCUT2D eigenvalue weighted by atomic mass is 10.3. The summed E-state index contributed by atoms with van der Waals surface area (Å²) in [5, 5.41) is 6.75. The minimum Gasteiger partial charge on any atom is -0.381 e. The van der Waals surface area contributed by atoms with Crippen molar-refractivity contribution in [2.45, 2.75) is 58.8 Å². The molecule has 5 nitrogen and oxygen atoms in total. The molecule has 0 unspecified atom stereocenters. The molecule has 0 saturated carbocycles. The molecule has 1 fully saturated rings. The van der Waals surface area contributed by atoms with Crippen LogP contribution in [0.2, 0.25) is 0 Å². The molecule has 0 spiro atoms. The second kappa shape index (κ2) is 17.7. The van der Waals surface area contributed by atoms with Crippen LogP contribution in [0.3, 0.4) is 0 Å². The van der Waals surface area contributed by atoms with Crippen molar-refractivity contribution in [2.75, 3.05) is 52.5 Å². The van der Waals surface area contributed by atoms with Gasteiger partial charge in [0.05, 0.1) is 0 Å². The number of unbranched alkanes of at least 4 members (excludes halogenated alkanes) is 2. The second-order valence-corrected chi connectivity index (χ2v) is 6.26. The molecular formula is C18H39IN4O. The van der Waals surface area contributed by atoms with Crippen molar-refractivity contribution >= 4 is 29.9 Å². The molecule has 1 aliphatic heterocycles. The molecule has 0 aromatic carbocycles. The van der Waals surface area contributed by atoms with Crippen LogP contribution in [0.15, 0.2) is 4.99 Å². The highest BCUT2D eigenvalue weighted by molar-refractivity contribution is 14.0. The van der Waals surface area contributed by atoms with E-state index in [1.165, 1.54) is 51.7 Å². The summed E-state index contributed by atoms with van der Waals surface area (Å²) in [6.07, 6.45) is 8.61. The van der Waals surface area contributed by atoms with Crippen LogP contribution >= 0.6 is 24.0 Å². The summed E-state index contributed by atoms with van der Waals surface area (Å²) < 4.78 is 5.56. The summed E-state index contributed by atoms with van der Waals surface area (Å²) >= 11 is 0. The van der Waals surface area contributed by atoms with Crippen molar-refractivity contribution in [3.05, 3.63) is 0 Å². The monoisotopic (exact) mass is 454 g/mol. The van der Waals surface area contributed by atoms with Gasteiger partial charge in [0.2, 0.25) is 0 Å². The third-order valence-corrected chi connectivity index (χ3v) is 4.10. The molecule has 0 aromatic rings. The van der Waals surface area contributed by atoms with Crippen LogP contribution in [0.5, 0.6) is 0 Å². The molecule has 0 radical (unpaired) electrons. The Labute approximate surface area is 166 Å². The number of hydrogen-bond acceptors (Lipinski definition) is 3. The van der Waals surface area contributed by atoms with E-state index in [1.807, 2.05) is 0 Å². The molecule has 2 N–H and O–H groups in total. The number of hydrogen-bond donors (Lipinski definition) is 2. The molecule has 0 atom stereocenters. The zero-order chi connectivity index (χ0) is 16.6. The van der Waals surface area contributed by atoms with Gasteiger partial charge in [-0.2, -0.15) is 0 Å². The Kier molecular flexibility index (Phi) is 17.7. The molecular weight excluding hydrogens is 415 g/mol.